The summed E-state index contributed by atoms with van der Waals surface area (Å²) in [5.74, 6) is -0.0508. The van der Waals surface area contributed by atoms with Crippen LogP contribution in [0.4, 0.5) is 0 Å². The van der Waals surface area contributed by atoms with Gasteiger partial charge in [0.25, 0.3) is 5.91 Å². The van der Waals surface area contributed by atoms with Gasteiger partial charge >= 0.3 is 0 Å². The molecule has 1 unspecified atom stereocenters. The molecule has 1 heterocycles. The van der Waals surface area contributed by atoms with Crippen molar-refractivity contribution in [3.63, 3.8) is 0 Å². The number of hydrogen-bond acceptors (Lipinski definition) is 5. The number of rotatable bonds is 3. The van der Waals surface area contributed by atoms with Gasteiger partial charge in [0, 0.05) is 5.39 Å². The fraction of sp³-hybridized carbons (Fsp3) is 0.143. The summed E-state index contributed by atoms with van der Waals surface area (Å²) in [7, 11) is 0. The third kappa shape index (κ3) is 2.40. The first-order chi connectivity index (χ1) is 10.2. The summed E-state index contributed by atoms with van der Waals surface area (Å²) >= 11 is 0. The number of aromatic nitrogens is 4. The molecule has 0 fully saturated rings. The normalized spacial score (nSPS) is 12.2. The first-order valence-electron chi connectivity index (χ1n) is 6.41. The first kappa shape index (κ1) is 13.0. The van der Waals surface area contributed by atoms with Crippen LogP contribution in [0, 0.1) is 0 Å². The molecule has 7 heteroatoms. The highest BCUT2D eigenvalue weighted by molar-refractivity contribution is 6.03. The highest BCUT2D eigenvalue weighted by Gasteiger charge is 2.18. The Bertz CT molecular complexity index is 785. The average molecular weight is 283 g/mol. The highest BCUT2D eigenvalue weighted by atomic mass is 16.3. The zero-order valence-corrected chi connectivity index (χ0v) is 11.2. The molecule has 0 spiro atoms. The summed E-state index contributed by atoms with van der Waals surface area (Å²) < 4.78 is 0. The molecule has 21 heavy (non-hydrogen) atoms. The average Bonchev–Trinajstić information content (AvgIpc) is 3.02. The number of carbonyl (C=O) groups is 1. The molecule has 0 saturated carbocycles. The van der Waals surface area contributed by atoms with Crippen LogP contribution in [0.2, 0.25) is 0 Å². The van der Waals surface area contributed by atoms with Gasteiger partial charge in [-0.3, -0.25) is 4.79 Å². The Morgan fingerprint density at radius 1 is 1.29 bits per heavy atom. The summed E-state index contributed by atoms with van der Waals surface area (Å²) in [5.41, 5.74) is 0.212. The van der Waals surface area contributed by atoms with E-state index in [0.29, 0.717) is 11.2 Å². The maximum atomic E-state index is 12.3. The van der Waals surface area contributed by atoms with E-state index >= 15 is 0 Å². The van der Waals surface area contributed by atoms with Crippen molar-refractivity contribution < 1.29 is 9.90 Å². The minimum absolute atomic E-state index is 0.0362. The van der Waals surface area contributed by atoms with Crippen molar-refractivity contribution in [3.8, 4) is 5.75 Å². The van der Waals surface area contributed by atoms with Crippen LogP contribution in [0.5, 0.6) is 5.75 Å². The van der Waals surface area contributed by atoms with Gasteiger partial charge in [-0.25, -0.2) is 0 Å². The van der Waals surface area contributed by atoms with Gasteiger partial charge < -0.3 is 10.4 Å². The predicted molar refractivity (Wildman–Crippen MR) is 75.7 cm³/mol. The number of amides is 1. The molecule has 106 valence electrons. The Hall–Kier alpha value is -2.96. The van der Waals surface area contributed by atoms with E-state index in [2.05, 4.69) is 25.9 Å². The van der Waals surface area contributed by atoms with Gasteiger partial charge in [-0.05, 0) is 18.4 Å². The summed E-state index contributed by atoms with van der Waals surface area (Å²) in [5, 5.41) is 27.9. The summed E-state index contributed by atoms with van der Waals surface area (Å²) in [6, 6.07) is 10.3. The zero-order valence-electron chi connectivity index (χ0n) is 11.2. The molecule has 0 saturated heterocycles. The van der Waals surface area contributed by atoms with E-state index in [1.54, 1.807) is 25.1 Å². The van der Waals surface area contributed by atoms with E-state index in [9.17, 15) is 9.90 Å². The summed E-state index contributed by atoms with van der Waals surface area (Å²) in [6.07, 6.45) is 0. The smallest absolute Gasteiger partial charge is 0.255 e. The Labute approximate surface area is 120 Å². The molecule has 7 nitrogen and oxygen atoms in total. The Morgan fingerprint density at radius 3 is 2.86 bits per heavy atom. The van der Waals surface area contributed by atoms with E-state index in [1.807, 2.05) is 18.2 Å². The molecule has 1 amide bonds. The maximum Gasteiger partial charge on any atom is 0.255 e. The van der Waals surface area contributed by atoms with Crippen molar-refractivity contribution >= 4 is 16.7 Å². The maximum absolute atomic E-state index is 12.3. The second-order valence-electron chi connectivity index (χ2n) is 4.65. The van der Waals surface area contributed by atoms with Gasteiger partial charge in [0.15, 0.2) is 5.82 Å². The molecule has 0 bridgehead atoms. The number of phenolic OH excluding ortho intramolecular Hbond substituents is 1. The minimum Gasteiger partial charge on any atom is -0.506 e. The monoisotopic (exact) mass is 283 g/mol. The summed E-state index contributed by atoms with van der Waals surface area (Å²) in [6.45, 7) is 1.74. The lowest BCUT2D eigenvalue weighted by Crippen LogP contribution is -2.27. The van der Waals surface area contributed by atoms with Crippen LogP contribution in [0.25, 0.3) is 10.8 Å². The Morgan fingerprint density at radius 2 is 2.10 bits per heavy atom. The molecule has 0 aliphatic rings. The number of fused-ring (bicyclic) bond motifs is 1. The summed E-state index contributed by atoms with van der Waals surface area (Å²) in [4.78, 5) is 12.3. The number of nitrogens with zero attached hydrogens (tertiary/aromatic N) is 3. The van der Waals surface area contributed by atoms with Crippen molar-refractivity contribution in [1.29, 1.82) is 0 Å². The third-order valence-corrected chi connectivity index (χ3v) is 3.24. The van der Waals surface area contributed by atoms with Crippen molar-refractivity contribution in [2.45, 2.75) is 13.0 Å². The molecule has 3 aromatic rings. The molecule has 3 rings (SSSR count). The standard InChI is InChI=1S/C14H13N5O2/c1-8(13-16-18-19-17-13)15-14(21)11-7-6-9-4-2-3-5-10(9)12(11)20/h2-8,20H,1H3,(H,15,21)(H,16,17,18,19). The van der Waals surface area contributed by atoms with E-state index < -0.39 is 11.9 Å². The van der Waals surface area contributed by atoms with E-state index in [1.165, 1.54) is 0 Å². The van der Waals surface area contributed by atoms with Crippen LogP contribution in [0.3, 0.4) is 0 Å². The molecule has 1 aromatic heterocycles. The Balaban J connectivity index is 1.90. The van der Waals surface area contributed by atoms with Gasteiger partial charge in [0.05, 0.1) is 11.6 Å². The minimum atomic E-state index is -0.415. The SMILES string of the molecule is CC(NC(=O)c1ccc2ccccc2c1O)c1nn[nH]n1. The number of hydrogen-bond donors (Lipinski definition) is 3. The fourth-order valence-electron chi connectivity index (χ4n) is 2.13. The number of carbonyl (C=O) groups excluding carboxylic acids is 1. The van der Waals surface area contributed by atoms with Crippen molar-refractivity contribution in [2.75, 3.05) is 0 Å². The molecule has 0 radical (unpaired) electrons. The van der Waals surface area contributed by atoms with Crippen molar-refractivity contribution in [2.24, 2.45) is 0 Å². The van der Waals surface area contributed by atoms with Crippen LogP contribution in [0.1, 0.15) is 29.1 Å². The number of aromatic hydroxyl groups is 1. The second kappa shape index (κ2) is 5.20. The van der Waals surface area contributed by atoms with E-state index in [4.69, 9.17) is 0 Å². The molecule has 2 aromatic carbocycles. The van der Waals surface area contributed by atoms with Crippen LogP contribution in [-0.4, -0.2) is 31.6 Å². The van der Waals surface area contributed by atoms with Gasteiger partial charge in [-0.15, -0.1) is 10.2 Å². The lowest BCUT2D eigenvalue weighted by atomic mass is 10.0. The number of nitrogens with one attached hydrogen (secondary N) is 2. The third-order valence-electron chi connectivity index (χ3n) is 3.24. The van der Waals surface area contributed by atoms with Crippen LogP contribution in [0.15, 0.2) is 36.4 Å². The number of H-pyrrole nitrogens is 1. The second-order valence-corrected chi connectivity index (χ2v) is 4.65. The largest absolute Gasteiger partial charge is 0.506 e. The van der Waals surface area contributed by atoms with Gasteiger partial charge in [-0.2, -0.15) is 5.21 Å². The topological polar surface area (TPSA) is 104 Å². The number of benzene rings is 2. The molecule has 3 N–H and O–H groups in total. The van der Waals surface area contributed by atoms with E-state index in [-0.39, 0.29) is 11.3 Å². The van der Waals surface area contributed by atoms with Gasteiger partial charge in [-0.1, -0.05) is 35.5 Å². The lowest BCUT2D eigenvalue weighted by Gasteiger charge is -2.12. The molecular weight excluding hydrogens is 270 g/mol. The van der Waals surface area contributed by atoms with Gasteiger partial charge in [0.1, 0.15) is 5.75 Å². The number of phenols is 1. The van der Waals surface area contributed by atoms with Crippen LogP contribution >= 0.6 is 0 Å². The number of tetrazole rings is 1. The van der Waals surface area contributed by atoms with E-state index in [0.717, 1.165) is 5.39 Å². The van der Waals surface area contributed by atoms with Crippen molar-refractivity contribution in [1.82, 2.24) is 25.9 Å². The molecule has 0 aliphatic heterocycles. The highest BCUT2D eigenvalue weighted by Crippen LogP contribution is 2.28. The van der Waals surface area contributed by atoms with Crippen LogP contribution < -0.4 is 5.32 Å². The Kier molecular flexibility index (Phi) is 3.23. The van der Waals surface area contributed by atoms with Gasteiger partial charge in [0.2, 0.25) is 0 Å². The molecule has 1 atom stereocenters. The van der Waals surface area contributed by atoms with Crippen LogP contribution in [-0.2, 0) is 0 Å². The first-order valence-corrected chi connectivity index (χ1v) is 6.41. The molecule has 0 aliphatic carbocycles. The van der Waals surface area contributed by atoms with Crippen molar-refractivity contribution in [3.05, 3.63) is 47.8 Å². The lowest BCUT2D eigenvalue weighted by molar-refractivity contribution is 0.0936. The zero-order chi connectivity index (χ0) is 14.8. The molecular formula is C14H13N5O2. The number of aromatic amines is 1. The fourth-order valence-corrected chi connectivity index (χ4v) is 2.13. The quantitative estimate of drug-likeness (QED) is 0.676. The predicted octanol–water partition coefficient (Wildman–Crippen LogP) is 1.55.